The van der Waals surface area contributed by atoms with E-state index >= 15 is 0 Å². The van der Waals surface area contributed by atoms with E-state index in [1.165, 1.54) is 6.20 Å². The van der Waals surface area contributed by atoms with E-state index < -0.39 is 11.9 Å². The van der Waals surface area contributed by atoms with Gasteiger partial charge < -0.3 is 15.0 Å². The van der Waals surface area contributed by atoms with E-state index in [9.17, 15) is 14.4 Å². The van der Waals surface area contributed by atoms with Gasteiger partial charge in [0.05, 0.1) is 12.2 Å². The van der Waals surface area contributed by atoms with Crippen LogP contribution in [0.2, 0.25) is 0 Å². The van der Waals surface area contributed by atoms with Crippen LogP contribution in [0.25, 0.3) is 0 Å². The van der Waals surface area contributed by atoms with Gasteiger partial charge in [-0.05, 0) is 43.2 Å². The molecular weight excluding hydrogens is 322 g/mol. The lowest BCUT2D eigenvalue weighted by Crippen LogP contribution is -2.29. The first-order valence-corrected chi connectivity index (χ1v) is 7.93. The summed E-state index contributed by atoms with van der Waals surface area (Å²) in [7, 11) is 0. The molecule has 2 heterocycles. The second-order valence-corrected chi connectivity index (χ2v) is 5.47. The maximum atomic E-state index is 12.7. The third kappa shape index (κ3) is 3.50. The van der Waals surface area contributed by atoms with E-state index in [2.05, 4.69) is 15.0 Å². The number of rotatable bonds is 3. The number of fused-ring (bicyclic) bond motifs is 1. The summed E-state index contributed by atoms with van der Waals surface area (Å²) in [5.74, 6) is -1.93. The molecule has 0 radical (unpaired) electrons. The number of hydrogen-bond donors (Lipinski definition) is 1. The predicted molar refractivity (Wildman–Crippen MR) is 91.3 cm³/mol. The van der Waals surface area contributed by atoms with E-state index in [-0.39, 0.29) is 12.5 Å². The molecule has 7 nitrogen and oxygen atoms in total. The van der Waals surface area contributed by atoms with Gasteiger partial charge in [0.1, 0.15) is 0 Å². The summed E-state index contributed by atoms with van der Waals surface area (Å²) >= 11 is 0. The normalized spacial score (nSPS) is 12.4. The van der Waals surface area contributed by atoms with E-state index in [1.54, 1.807) is 42.3 Å². The fourth-order valence-electron chi connectivity index (χ4n) is 2.69. The molecule has 25 heavy (non-hydrogen) atoms. The highest BCUT2D eigenvalue weighted by molar-refractivity contribution is 6.37. The maximum absolute atomic E-state index is 12.7. The molecule has 0 fully saturated rings. The first-order valence-electron chi connectivity index (χ1n) is 7.93. The highest BCUT2D eigenvalue weighted by Crippen LogP contribution is 2.32. The SMILES string of the molecule is CCOC(=O)C(=O)Nc1ccc2c(c1)N(C(=O)c1cccnc1)CC2. The molecule has 1 N–H and O–H groups in total. The molecule has 0 spiro atoms. The van der Waals surface area contributed by atoms with Crippen molar-refractivity contribution in [1.29, 1.82) is 0 Å². The second kappa shape index (κ2) is 7.12. The molecule has 1 aromatic heterocycles. The van der Waals surface area contributed by atoms with Gasteiger partial charge in [-0.3, -0.25) is 14.6 Å². The standard InChI is InChI=1S/C18H17N3O4/c1-2-25-18(24)16(22)20-14-6-5-12-7-9-21(15(12)10-14)17(23)13-4-3-8-19-11-13/h3-6,8,10-11H,2,7,9H2,1H3,(H,20,22). The zero-order valence-electron chi connectivity index (χ0n) is 13.7. The van der Waals surface area contributed by atoms with Gasteiger partial charge in [-0.1, -0.05) is 6.07 Å². The number of pyridine rings is 1. The number of hydrogen-bond acceptors (Lipinski definition) is 5. The van der Waals surface area contributed by atoms with Gasteiger partial charge in [0.15, 0.2) is 0 Å². The number of carbonyl (C=O) groups excluding carboxylic acids is 3. The molecule has 3 rings (SSSR count). The number of carbonyl (C=O) groups is 3. The molecular formula is C18H17N3O4. The summed E-state index contributed by atoms with van der Waals surface area (Å²) in [5, 5.41) is 2.49. The Balaban J connectivity index is 1.81. The molecule has 0 saturated heterocycles. The average molecular weight is 339 g/mol. The number of benzene rings is 1. The molecule has 128 valence electrons. The van der Waals surface area contributed by atoms with Crippen molar-refractivity contribution in [2.75, 3.05) is 23.4 Å². The lowest BCUT2D eigenvalue weighted by molar-refractivity contribution is -0.152. The van der Waals surface area contributed by atoms with Crippen LogP contribution in [0.3, 0.4) is 0 Å². The van der Waals surface area contributed by atoms with Gasteiger partial charge in [-0.15, -0.1) is 0 Å². The Morgan fingerprint density at radius 3 is 2.84 bits per heavy atom. The van der Waals surface area contributed by atoms with Crippen molar-refractivity contribution in [2.24, 2.45) is 0 Å². The van der Waals surface area contributed by atoms with Crippen molar-refractivity contribution >= 4 is 29.2 Å². The number of amides is 2. The third-order valence-corrected chi connectivity index (χ3v) is 3.85. The molecule has 2 amide bonds. The largest absolute Gasteiger partial charge is 0.459 e. The Hall–Kier alpha value is -3.22. The summed E-state index contributed by atoms with van der Waals surface area (Å²) in [6.07, 6.45) is 3.86. The minimum absolute atomic E-state index is 0.129. The van der Waals surface area contributed by atoms with Crippen LogP contribution in [0.15, 0.2) is 42.7 Å². The van der Waals surface area contributed by atoms with Crippen molar-refractivity contribution in [2.45, 2.75) is 13.3 Å². The quantitative estimate of drug-likeness (QED) is 0.680. The molecule has 1 aliphatic rings. The van der Waals surface area contributed by atoms with E-state index in [0.717, 1.165) is 17.7 Å². The lowest BCUT2D eigenvalue weighted by atomic mass is 10.1. The third-order valence-electron chi connectivity index (χ3n) is 3.85. The van der Waals surface area contributed by atoms with Crippen molar-refractivity contribution in [3.05, 3.63) is 53.9 Å². The van der Waals surface area contributed by atoms with Crippen LogP contribution in [0.1, 0.15) is 22.8 Å². The molecule has 7 heteroatoms. The van der Waals surface area contributed by atoms with Crippen molar-refractivity contribution in [3.63, 3.8) is 0 Å². The van der Waals surface area contributed by atoms with Crippen LogP contribution in [-0.2, 0) is 20.7 Å². The van der Waals surface area contributed by atoms with Crippen LogP contribution in [0.4, 0.5) is 11.4 Å². The average Bonchev–Trinajstić information content (AvgIpc) is 3.05. The lowest BCUT2D eigenvalue weighted by Gasteiger charge is -2.18. The van der Waals surface area contributed by atoms with Gasteiger partial charge in [0, 0.05) is 30.3 Å². The van der Waals surface area contributed by atoms with Gasteiger partial charge in [-0.2, -0.15) is 0 Å². The number of aromatic nitrogens is 1. The summed E-state index contributed by atoms with van der Waals surface area (Å²) in [6, 6.07) is 8.65. The molecule has 0 saturated carbocycles. The van der Waals surface area contributed by atoms with E-state index in [0.29, 0.717) is 17.8 Å². The Morgan fingerprint density at radius 1 is 1.28 bits per heavy atom. The molecule has 1 aromatic carbocycles. The van der Waals surface area contributed by atoms with Crippen molar-refractivity contribution in [1.82, 2.24) is 4.98 Å². The first-order chi connectivity index (χ1) is 12.1. The molecule has 2 aromatic rings. The smallest absolute Gasteiger partial charge is 0.397 e. The highest BCUT2D eigenvalue weighted by atomic mass is 16.5. The Morgan fingerprint density at radius 2 is 2.12 bits per heavy atom. The minimum atomic E-state index is -0.939. The Bertz CT molecular complexity index is 820. The summed E-state index contributed by atoms with van der Waals surface area (Å²) < 4.78 is 4.66. The van der Waals surface area contributed by atoms with Gasteiger partial charge in [0.2, 0.25) is 0 Å². The Labute approximate surface area is 144 Å². The van der Waals surface area contributed by atoms with Crippen molar-refractivity contribution in [3.8, 4) is 0 Å². The second-order valence-electron chi connectivity index (χ2n) is 5.47. The van der Waals surface area contributed by atoms with E-state index in [1.807, 2.05) is 6.07 Å². The first kappa shape index (κ1) is 16.6. The fraction of sp³-hybridized carbons (Fsp3) is 0.222. The summed E-state index contributed by atoms with van der Waals surface area (Å²) in [5.41, 5.74) is 2.65. The van der Waals surface area contributed by atoms with Crippen molar-refractivity contribution < 1.29 is 19.1 Å². The molecule has 1 aliphatic heterocycles. The van der Waals surface area contributed by atoms with Gasteiger partial charge >= 0.3 is 11.9 Å². The maximum Gasteiger partial charge on any atom is 0.397 e. The van der Waals surface area contributed by atoms with Crippen LogP contribution in [0, 0.1) is 0 Å². The highest BCUT2D eigenvalue weighted by Gasteiger charge is 2.26. The summed E-state index contributed by atoms with van der Waals surface area (Å²) in [4.78, 5) is 41.5. The van der Waals surface area contributed by atoms with Crippen LogP contribution in [0.5, 0.6) is 0 Å². The summed E-state index contributed by atoms with van der Waals surface area (Å²) in [6.45, 7) is 2.31. The van der Waals surface area contributed by atoms with Gasteiger partial charge in [0.25, 0.3) is 5.91 Å². The minimum Gasteiger partial charge on any atom is -0.459 e. The molecule has 0 unspecified atom stereocenters. The number of esters is 1. The number of nitrogens with one attached hydrogen (secondary N) is 1. The molecule has 0 atom stereocenters. The van der Waals surface area contributed by atoms with Crippen LogP contribution in [-0.4, -0.2) is 35.9 Å². The van der Waals surface area contributed by atoms with Crippen LogP contribution < -0.4 is 10.2 Å². The number of ether oxygens (including phenoxy) is 1. The van der Waals surface area contributed by atoms with Crippen LogP contribution >= 0.6 is 0 Å². The Kier molecular flexibility index (Phi) is 4.74. The predicted octanol–water partition coefficient (Wildman–Crippen LogP) is 1.79. The topological polar surface area (TPSA) is 88.6 Å². The molecule has 0 bridgehead atoms. The monoisotopic (exact) mass is 339 g/mol. The zero-order valence-corrected chi connectivity index (χ0v) is 13.7. The molecule has 0 aliphatic carbocycles. The van der Waals surface area contributed by atoms with Gasteiger partial charge in [-0.25, -0.2) is 4.79 Å². The number of anilines is 2. The fourth-order valence-corrected chi connectivity index (χ4v) is 2.69. The van der Waals surface area contributed by atoms with E-state index in [4.69, 9.17) is 0 Å². The zero-order chi connectivity index (χ0) is 17.8. The number of nitrogens with zero attached hydrogens (tertiary/aromatic N) is 2.